The average Bonchev–Trinajstić information content (AvgIpc) is 2.33. The lowest BCUT2D eigenvalue weighted by molar-refractivity contribution is -0.139. The Balaban J connectivity index is 2.50. The van der Waals surface area contributed by atoms with E-state index in [0.717, 1.165) is 12.8 Å². The number of likely N-dealkylation sites (tertiary alicyclic amines) is 1. The van der Waals surface area contributed by atoms with Crippen LogP contribution in [0.3, 0.4) is 0 Å². The van der Waals surface area contributed by atoms with Crippen molar-refractivity contribution in [2.24, 2.45) is 11.7 Å². The van der Waals surface area contributed by atoms with E-state index in [1.165, 1.54) is 0 Å². The summed E-state index contributed by atoms with van der Waals surface area (Å²) in [6.45, 7) is 3.33. The van der Waals surface area contributed by atoms with Crippen molar-refractivity contribution in [1.82, 2.24) is 10.2 Å². The molecule has 0 aliphatic carbocycles. The van der Waals surface area contributed by atoms with Crippen molar-refractivity contribution in [2.45, 2.75) is 38.6 Å². The van der Waals surface area contributed by atoms with Crippen LogP contribution in [-0.4, -0.2) is 47.0 Å². The summed E-state index contributed by atoms with van der Waals surface area (Å²) in [5.74, 6) is -1.31. The molecule has 3 amide bonds. The molecule has 1 aliphatic heterocycles. The fourth-order valence-electron chi connectivity index (χ4n) is 2.16. The van der Waals surface area contributed by atoms with Crippen LogP contribution in [0.1, 0.15) is 32.6 Å². The molecule has 108 valence electrons. The molecule has 1 saturated heterocycles. The maximum atomic E-state index is 11.9. The van der Waals surface area contributed by atoms with Crippen LogP contribution in [0.5, 0.6) is 0 Å². The van der Waals surface area contributed by atoms with Gasteiger partial charge >= 0.3 is 12.0 Å². The molecule has 0 saturated carbocycles. The molecule has 7 heteroatoms. The summed E-state index contributed by atoms with van der Waals surface area (Å²) in [5.41, 5.74) is 4.98. The lowest BCUT2D eigenvalue weighted by Gasteiger charge is -2.31. The molecule has 1 aliphatic rings. The minimum Gasteiger partial charge on any atom is -0.480 e. The van der Waals surface area contributed by atoms with Crippen LogP contribution in [0, 0.1) is 5.92 Å². The van der Waals surface area contributed by atoms with E-state index in [-0.39, 0.29) is 18.9 Å². The monoisotopic (exact) mass is 271 g/mol. The average molecular weight is 271 g/mol. The molecule has 1 unspecified atom stereocenters. The minimum absolute atomic E-state index is 0.0137. The van der Waals surface area contributed by atoms with Crippen LogP contribution >= 0.6 is 0 Å². The number of carbonyl (C=O) groups is 3. The number of piperidine rings is 1. The number of hydrogen-bond donors (Lipinski definition) is 3. The van der Waals surface area contributed by atoms with Gasteiger partial charge in [-0.1, -0.05) is 6.92 Å². The zero-order chi connectivity index (χ0) is 14.4. The standard InChI is InChI=1S/C12H21N3O4/c1-8-3-2-6-15(7-8)12(19)14-9(11(17)18)4-5-10(13)16/h8-9H,2-7H2,1H3,(H2,13,16)(H,14,19)(H,17,18)/t8?,9-/m0/s1. The smallest absolute Gasteiger partial charge is 0.326 e. The zero-order valence-corrected chi connectivity index (χ0v) is 11.1. The van der Waals surface area contributed by atoms with Gasteiger partial charge in [0.25, 0.3) is 0 Å². The highest BCUT2D eigenvalue weighted by atomic mass is 16.4. The molecule has 0 bridgehead atoms. The van der Waals surface area contributed by atoms with Gasteiger partial charge in [0.2, 0.25) is 5.91 Å². The first-order valence-electron chi connectivity index (χ1n) is 6.46. The molecule has 19 heavy (non-hydrogen) atoms. The van der Waals surface area contributed by atoms with E-state index >= 15 is 0 Å². The third kappa shape index (κ3) is 5.15. The van der Waals surface area contributed by atoms with Gasteiger partial charge in [-0.3, -0.25) is 4.79 Å². The topological polar surface area (TPSA) is 113 Å². The van der Waals surface area contributed by atoms with Crippen molar-refractivity contribution in [1.29, 1.82) is 0 Å². The van der Waals surface area contributed by atoms with Crippen LogP contribution in [0.15, 0.2) is 0 Å². The molecule has 0 aromatic rings. The third-order valence-electron chi connectivity index (χ3n) is 3.22. The van der Waals surface area contributed by atoms with Gasteiger partial charge in [0.05, 0.1) is 0 Å². The number of urea groups is 1. The van der Waals surface area contributed by atoms with Crippen molar-refractivity contribution < 1.29 is 19.5 Å². The largest absolute Gasteiger partial charge is 0.480 e. The second kappa shape index (κ2) is 6.96. The quantitative estimate of drug-likeness (QED) is 0.660. The summed E-state index contributed by atoms with van der Waals surface area (Å²) in [6.07, 6.45) is 1.95. The van der Waals surface area contributed by atoms with Gasteiger partial charge in [-0.25, -0.2) is 9.59 Å². The molecular weight excluding hydrogens is 250 g/mol. The normalized spacial score (nSPS) is 20.7. The number of hydrogen-bond acceptors (Lipinski definition) is 3. The van der Waals surface area contributed by atoms with Crippen LogP contribution in [0.2, 0.25) is 0 Å². The number of amides is 3. The zero-order valence-electron chi connectivity index (χ0n) is 11.1. The van der Waals surface area contributed by atoms with E-state index in [2.05, 4.69) is 12.2 Å². The molecule has 1 heterocycles. The van der Waals surface area contributed by atoms with Crippen molar-refractivity contribution in [3.63, 3.8) is 0 Å². The maximum Gasteiger partial charge on any atom is 0.326 e. The first kappa shape index (κ1) is 15.3. The number of carboxylic acid groups (broad SMARTS) is 1. The van der Waals surface area contributed by atoms with E-state index in [9.17, 15) is 14.4 Å². The fraction of sp³-hybridized carbons (Fsp3) is 0.750. The lowest BCUT2D eigenvalue weighted by atomic mass is 10.0. The Bertz CT molecular complexity index is 359. The van der Waals surface area contributed by atoms with Gasteiger partial charge in [0, 0.05) is 19.5 Å². The van der Waals surface area contributed by atoms with E-state index in [1.807, 2.05) is 0 Å². The van der Waals surface area contributed by atoms with Crippen LogP contribution < -0.4 is 11.1 Å². The molecule has 0 aromatic carbocycles. The molecule has 1 rings (SSSR count). The highest BCUT2D eigenvalue weighted by Crippen LogP contribution is 2.15. The molecular formula is C12H21N3O4. The number of nitrogens with two attached hydrogens (primary N) is 1. The Kier molecular flexibility index (Phi) is 5.59. The Morgan fingerprint density at radius 1 is 1.47 bits per heavy atom. The number of primary amides is 1. The summed E-state index contributed by atoms with van der Waals surface area (Å²) in [6, 6.07) is -1.46. The summed E-state index contributed by atoms with van der Waals surface area (Å²) < 4.78 is 0. The number of nitrogens with zero attached hydrogens (tertiary/aromatic N) is 1. The number of carboxylic acids is 1. The highest BCUT2D eigenvalue weighted by Gasteiger charge is 2.26. The van der Waals surface area contributed by atoms with E-state index < -0.39 is 17.9 Å². The fourth-order valence-corrected chi connectivity index (χ4v) is 2.16. The van der Waals surface area contributed by atoms with Gasteiger partial charge in [0.15, 0.2) is 0 Å². The number of aliphatic carboxylic acids is 1. The third-order valence-corrected chi connectivity index (χ3v) is 3.22. The predicted molar refractivity (Wildman–Crippen MR) is 68.4 cm³/mol. The molecule has 0 radical (unpaired) electrons. The predicted octanol–water partition coefficient (Wildman–Crippen LogP) is 0.147. The van der Waals surface area contributed by atoms with E-state index in [4.69, 9.17) is 10.8 Å². The molecule has 1 fully saturated rings. The van der Waals surface area contributed by atoms with Gasteiger partial charge in [-0.05, 0) is 25.2 Å². The van der Waals surface area contributed by atoms with Gasteiger partial charge in [0.1, 0.15) is 6.04 Å². The Morgan fingerprint density at radius 3 is 2.68 bits per heavy atom. The van der Waals surface area contributed by atoms with E-state index in [1.54, 1.807) is 4.90 Å². The summed E-state index contributed by atoms with van der Waals surface area (Å²) in [7, 11) is 0. The van der Waals surface area contributed by atoms with Gasteiger partial charge in [-0.2, -0.15) is 0 Å². The SMILES string of the molecule is CC1CCCN(C(=O)N[C@@H](CCC(N)=O)C(=O)O)C1. The van der Waals surface area contributed by atoms with Crippen LogP contribution in [0.25, 0.3) is 0 Å². The van der Waals surface area contributed by atoms with Crippen molar-refractivity contribution in [3.8, 4) is 0 Å². The number of carbonyl (C=O) groups excluding carboxylic acids is 2. The maximum absolute atomic E-state index is 11.9. The van der Waals surface area contributed by atoms with Crippen molar-refractivity contribution in [2.75, 3.05) is 13.1 Å². The number of nitrogens with one attached hydrogen (secondary N) is 1. The summed E-state index contributed by atoms with van der Waals surface area (Å²) >= 11 is 0. The molecule has 4 N–H and O–H groups in total. The second-order valence-corrected chi connectivity index (χ2v) is 5.04. The Hall–Kier alpha value is -1.79. The molecule has 2 atom stereocenters. The highest BCUT2D eigenvalue weighted by molar-refractivity contribution is 5.83. The molecule has 0 spiro atoms. The van der Waals surface area contributed by atoms with Gasteiger partial charge < -0.3 is 21.1 Å². The first-order chi connectivity index (χ1) is 8.90. The van der Waals surface area contributed by atoms with E-state index in [0.29, 0.717) is 19.0 Å². The Morgan fingerprint density at radius 2 is 2.16 bits per heavy atom. The van der Waals surface area contributed by atoms with Crippen LogP contribution in [0.4, 0.5) is 4.79 Å². The van der Waals surface area contributed by atoms with Crippen molar-refractivity contribution in [3.05, 3.63) is 0 Å². The Labute approximate surface area is 112 Å². The minimum atomic E-state index is -1.15. The molecule has 0 aromatic heterocycles. The number of rotatable bonds is 5. The molecule has 7 nitrogen and oxygen atoms in total. The summed E-state index contributed by atoms with van der Waals surface area (Å²) in [4.78, 5) is 35.2. The summed E-state index contributed by atoms with van der Waals surface area (Å²) in [5, 5.41) is 11.4. The first-order valence-corrected chi connectivity index (χ1v) is 6.46. The second-order valence-electron chi connectivity index (χ2n) is 5.04. The van der Waals surface area contributed by atoms with Gasteiger partial charge in [-0.15, -0.1) is 0 Å². The lowest BCUT2D eigenvalue weighted by Crippen LogP contribution is -2.50. The van der Waals surface area contributed by atoms with Crippen LogP contribution in [-0.2, 0) is 9.59 Å². The van der Waals surface area contributed by atoms with Crippen molar-refractivity contribution >= 4 is 17.9 Å².